The fourth-order valence-corrected chi connectivity index (χ4v) is 5.62. The Balaban J connectivity index is 1.65. The van der Waals surface area contributed by atoms with Gasteiger partial charge in [0.25, 0.3) is 0 Å². The lowest BCUT2D eigenvalue weighted by atomic mass is 9.87. The molecule has 0 spiro atoms. The Morgan fingerprint density at radius 2 is 2.04 bits per heavy atom. The van der Waals surface area contributed by atoms with Gasteiger partial charge in [0.05, 0.1) is 16.5 Å². The zero-order valence-corrected chi connectivity index (χ0v) is 16.2. The van der Waals surface area contributed by atoms with E-state index in [2.05, 4.69) is 24.1 Å². The summed E-state index contributed by atoms with van der Waals surface area (Å²) >= 11 is 1.88. The smallest absolute Gasteiger partial charge is 0.143 e. The minimum Gasteiger partial charge on any atom is -0.369 e. The SMILES string of the molecule is CCCCNc1ncnc2c1SC1N=C(CCCC)C3=C(CCC3)C21. The Morgan fingerprint density at radius 1 is 1.16 bits per heavy atom. The molecule has 3 aliphatic rings. The van der Waals surface area contributed by atoms with Gasteiger partial charge in [-0.1, -0.05) is 44.0 Å². The number of unbranched alkanes of at least 4 members (excludes halogenated alkanes) is 2. The summed E-state index contributed by atoms with van der Waals surface area (Å²) in [6.45, 7) is 5.46. The number of fused-ring (bicyclic) bond motifs is 4. The monoisotopic (exact) mass is 356 g/mol. The number of hydrogen-bond donors (Lipinski definition) is 1. The van der Waals surface area contributed by atoms with E-state index < -0.39 is 0 Å². The molecule has 0 saturated carbocycles. The van der Waals surface area contributed by atoms with Gasteiger partial charge in [-0.15, -0.1) is 0 Å². The molecule has 0 amide bonds. The van der Waals surface area contributed by atoms with Crippen molar-refractivity contribution in [2.45, 2.75) is 81.4 Å². The van der Waals surface area contributed by atoms with Gasteiger partial charge in [-0.05, 0) is 44.1 Å². The van der Waals surface area contributed by atoms with Gasteiger partial charge in [0, 0.05) is 12.3 Å². The highest BCUT2D eigenvalue weighted by Gasteiger charge is 2.43. The first-order chi connectivity index (χ1) is 12.3. The van der Waals surface area contributed by atoms with Crippen molar-refractivity contribution >= 4 is 23.3 Å². The summed E-state index contributed by atoms with van der Waals surface area (Å²) in [5.41, 5.74) is 5.82. The number of hydrogen-bond acceptors (Lipinski definition) is 5. The molecule has 134 valence electrons. The molecular formula is C20H28N4S. The molecule has 0 radical (unpaired) electrons. The molecule has 0 saturated heterocycles. The van der Waals surface area contributed by atoms with E-state index in [4.69, 9.17) is 9.98 Å². The van der Waals surface area contributed by atoms with Crippen molar-refractivity contribution in [3.63, 3.8) is 0 Å². The minimum absolute atomic E-state index is 0.280. The zero-order chi connectivity index (χ0) is 17.2. The number of dihydropyridines is 1. The number of nitrogens with one attached hydrogen (secondary N) is 1. The zero-order valence-electron chi connectivity index (χ0n) is 15.3. The average Bonchev–Trinajstić information content (AvgIpc) is 3.24. The molecule has 4 rings (SSSR count). The molecule has 1 aliphatic carbocycles. The standard InChI is InChI=1S/C20H28N4S/c1-3-5-10-15-13-8-7-9-14(13)16-17-18(25-20(16)24-15)19(23-12-22-17)21-11-6-4-2/h12,16,20H,3-11H2,1-2H3,(H,21,22,23). The normalized spacial score (nSPS) is 24.0. The first-order valence-electron chi connectivity index (χ1n) is 9.87. The van der Waals surface area contributed by atoms with Crippen LogP contribution in [0.25, 0.3) is 0 Å². The first-order valence-corrected chi connectivity index (χ1v) is 10.8. The van der Waals surface area contributed by atoms with Crippen LogP contribution in [0.2, 0.25) is 0 Å². The second kappa shape index (κ2) is 7.48. The van der Waals surface area contributed by atoms with Crippen molar-refractivity contribution in [1.29, 1.82) is 0 Å². The Labute approximate surface area is 155 Å². The molecule has 1 aromatic heterocycles. The Hall–Kier alpha value is -1.36. The maximum absolute atomic E-state index is 5.20. The van der Waals surface area contributed by atoms with E-state index in [0.29, 0.717) is 5.92 Å². The van der Waals surface area contributed by atoms with Gasteiger partial charge >= 0.3 is 0 Å². The molecule has 0 aromatic carbocycles. The highest BCUT2D eigenvalue weighted by Crippen LogP contribution is 2.55. The molecule has 2 unspecified atom stereocenters. The molecule has 0 fully saturated rings. The number of allylic oxidation sites excluding steroid dienone is 1. The topological polar surface area (TPSA) is 50.2 Å². The Kier molecular flexibility index (Phi) is 5.11. The highest BCUT2D eigenvalue weighted by atomic mass is 32.2. The molecule has 0 bridgehead atoms. The summed E-state index contributed by atoms with van der Waals surface area (Å²) in [5.74, 6) is 1.40. The van der Waals surface area contributed by atoms with Crippen molar-refractivity contribution < 1.29 is 0 Å². The van der Waals surface area contributed by atoms with E-state index in [0.717, 1.165) is 18.8 Å². The lowest BCUT2D eigenvalue weighted by Gasteiger charge is -2.26. The third-order valence-corrected chi connectivity index (χ3v) is 6.76. The summed E-state index contributed by atoms with van der Waals surface area (Å²) in [6, 6.07) is 0. The predicted octanol–water partition coefficient (Wildman–Crippen LogP) is 5.33. The molecule has 1 aromatic rings. The van der Waals surface area contributed by atoms with Crippen LogP contribution >= 0.6 is 11.8 Å². The van der Waals surface area contributed by atoms with Crippen LogP contribution in [-0.4, -0.2) is 27.6 Å². The van der Waals surface area contributed by atoms with E-state index in [1.165, 1.54) is 61.2 Å². The van der Waals surface area contributed by atoms with Gasteiger partial charge in [0.2, 0.25) is 0 Å². The van der Waals surface area contributed by atoms with Crippen LogP contribution in [0.4, 0.5) is 5.82 Å². The van der Waals surface area contributed by atoms with E-state index in [9.17, 15) is 0 Å². The molecule has 25 heavy (non-hydrogen) atoms. The molecular weight excluding hydrogens is 328 g/mol. The van der Waals surface area contributed by atoms with Crippen LogP contribution < -0.4 is 5.32 Å². The average molecular weight is 357 g/mol. The summed E-state index contributed by atoms with van der Waals surface area (Å²) in [4.78, 5) is 15.7. The van der Waals surface area contributed by atoms with Gasteiger partial charge in [0.15, 0.2) is 0 Å². The first kappa shape index (κ1) is 17.1. The van der Waals surface area contributed by atoms with Crippen LogP contribution in [0.3, 0.4) is 0 Å². The largest absolute Gasteiger partial charge is 0.369 e. The Morgan fingerprint density at radius 3 is 2.88 bits per heavy atom. The van der Waals surface area contributed by atoms with Crippen LogP contribution in [-0.2, 0) is 0 Å². The maximum Gasteiger partial charge on any atom is 0.143 e. The van der Waals surface area contributed by atoms with Crippen LogP contribution in [0.15, 0.2) is 27.4 Å². The summed E-state index contributed by atoms with van der Waals surface area (Å²) in [5, 5.41) is 3.80. The van der Waals surface area contributed by atoms with Gasteiger partial charge in [-0.2, -0.15) is 0 Å². The number of aromatic nitrogens is 2. The second-order valence-electron chi connectivity index (χ2n) is 7.24. The van der Waals surface area contributed by atoms with E-state index in [1.807, 2.05) is 11.8 Å². The second-order valence-corrected chi connectivity index (χ2v) is 8.37. The van der Waals surface area contributed by atoms with Crippen molar-refractivity contribution in [2.24, 2.45) is 4.99 Å². The van der Waals surface area contributed by atoms with Crippen LogP contribution in [0, 0.1) is 0 Å². The summed E-state index contributed by atoms with van der Waals surface area (Å²) in [7, 11) is 0. The molecule has 2 atom stereocenters. The third-order valence-electron chi connectivity index (χ3n) is 5.51. The van der Waals surface area contributed by atoms with Crippen molar-refractivity contribution in [3.8, 4) is 0 Å². The van der Waals surface area contributed by atoms with Gasteiger partial charge < -0.3 is 5.32 Å². The van der Waals surface area contributed by atoms with Crippen molar-refractivity contribution in [2.75, 3.05) is 11.9 Å². The van der Waals surface area contributed by atoms with E-state index >= 15 is 0 Å². The third kappa shape index (κ3) is 3.12. The van der Waals surface area contributed by atoms with Gasteiger partial charge in [-0.3, -0.25) is 4.99 Å². The Bertz CT molecular complexity index is 710. The van der Waals surface area contributed by atoms with E-state index in [1.54, 1.807) is 17.5 Å². The minimum atomic E-state index is 0.280. The summed E-state index contributed by atoms with van der Waals surface area (Å²) in [6.07, 6.45) is 11.5. The predicted molar refractivity (Wildman–Crippen MR) is 106 cm³/mol. The number of rotatable bonds is 7. The van der Waals surface area contributed by atoms with Gasteiger partial charge in [0.1, 0.15) is 17.5 Å². The van der Waals surface area contributed by atoms with Crippen LogP contribution in [0.1, 0.15) is 76.8 Å². The molecule has 1 N–H and O–H groups in total. The fraction of sp³-hybridized carbons (Fsp3) is 0.650. The van der Waals surface area contributed by atoms with E-state index in [-0.39, 0.29) is 5.37 Å². The quantitative estimate of drug-likeness (QED) is 0.671. The van der Waals surface area contributed by atoms with Crippen molar-refractivity contribution in [3.05, 3.63) is 23.2 Å². The number of nitrogens with zero attached hydrogens (tertiary/aromatic N) is 3. The number of thioether (sulfide) groups is 1. The maximum atomic E-state index is 5.20. The number of anilines is 1. The number of aliphatic imine (C=N–C) groups is 1. The summed E-state index contributed by atoms with van der Waals surface area (Å²) < 4.78 is 0. The molecule has 3 heterocycles. The molecule has 4 nitrogen and oxygen atoms in total. The van der Waals surface area contributed by atoms with Crippen LogP contribution in [0.5, 0.6) is 0 Å². The van der Waals surface area contributed by atoms with Crippen molar-refractivity contribution in [1.82, 2.24) is 9.97 Å². The highest BCUT2D eigenvalue weighted by molar-refractivity contribution is 8.00. The lowest BCUT2D eigenvalue weighted by molar-refractivity contribution is 0.694. The van der Waals surface area contributed by atoms with Gasteiger partial charge in [-0.25, -0.2) is 9.97 Å². The molecule has 5 heteroatoms. The molecule has 2 aliphatic heterocycles. The fourth-order valence-electron chi connectivity index (χ4n) is 4.23. The lowest BCUT2D eigenvalue weighted by Crippen LogP contribution is -2.21.